The summed E-state index contributed by atoms with van der Waals surface area (Å²) in [6.07, 6.45) is 0.605. The smallest absolute Gasteiger partial charge is 0.161 e. The van der Waals surface area contributed by atoms with E-state index in [0.717, 1.165) is 23.0 Å². The summed E-state index contributed by atoms with van der Waals surface area (Å²) < 4.78 is 22.0. The molecule has 2 aromatic rings. The van der Waals surface area contributed by atoms with Gasteiger partial charge in [0, 0.05) is 5.92 Å². The third kappa shape index (κ3) is 9.56. The summed E-state index contributed by atoms with van der Waals surface area (Å²) in [5.74, 6) is 3.54. The minimum atomic E-state index is 0. The van der Waals surface area contributed by atoms with Crippen molar-refractivity contribution in [1.82, 2.24) is 0 Å². The number of para-hydroxylation sites is 4. The van der Waals surface area contributed by atoms with Gasteiger partial charge in [0.05, 0.1) is 46.8 Å². The van der Waals surface area contributed by atoms with Gasteiger partial charge in [0.25, 0.3) is 0 Å². The number of ether oxygens (including phenoxy) is 4. The molecule has 172 valence electrons. The first-order chi connectivity index (χ1) is 14.8. The molecule has 0 bridgehead atoms. The predicted molar refractivity (Wildman–Crippen MR) is 129 cm³/mol. The second kappa shape index (κ2) is 17.4. The summed E-state index contributed by atoms with van der Waals surface area (Å²) in [5, 5.41) is 8.94. The molecule has 0 amide bonds. The highest BCUT2D eigenvalue weighted by Crippen LogP contribution is 2.30. The van der Waals surface area contributed by atoms with E-state index in [1.54, 1.807) is 0 Å². The molecule has 2 radical (unpaired) electrons. The summed E-state index contributed by atoms with van der Waals surface area (Å²) in [6.45, 7) is 10.4. The molecule has 0 saturated carbocycles. The van der Waals surface area contributed by atoms with Gasteiger partial charge in [-0.2, -0.15) is 0 Å². The van der Waals surface area contributed by atoms with Crippen LogP contribution in [-0.2, 0) is 0 Å². The SMILES string of the molecule is C.CC.CC.OCC1COc2ccccc2OC1.[B]CC1COc2ccccc2OC1. The van der Waals surface area contributed by atoms with E-state index in [-0.39, 0.29) is 20.0 Å². The molecule has 2 heterocycles. The summed E-state index contributed by atoms with van der Waals surface area (Å²) in [6, 6.07) is 15.2. The largest absolute Gasteiger partial charge is 0.489 e. The van der Waals surface area contributed by atoms with Crippen molar-refractivity contribution in [2.75, 3.05) is 33.0 Å². The fraction of sp³-hybridized carbons (Fsp3) is 0.520. The van der Waals surface area contributed by atoms with E-state index in [9.17, 15) is 0 Å². The molecule has 0 fully saturated rings. The number of fused-ring (bicyclic) bond motifs is 2. The highest BCUT2D eigenvalue weighted by atomic mass is 16.5. The molecule has 1 N–H and O–H groups in total. The van der Waals surface area contributed by atoms with Crippen LogP contribution in [0.1, 0.15) is 35.1 Å². The zero-order valence-electron chi connectivity index (χ0n) is 18.7. The van der Waals surface area contributed by atoms with Crippen LogP contribution < -0.4 is 18.9 Å². The lowest BCUT2D eigenvalue weighted by Gasteiger charge is -2.09. The van der Waals surface area contributed by atoms with Gasteiger partial charge < -0.3 is 24.1 Å². The van der Waals surface area contributed by atoms with Gasteiger partial charge in [0.15, 0.2) is 23.0 Å². The average molecular weight is 430 g/mol. The van der Waals surface area contributed by atoms with Crippen molar-refractivity contribution >= 4 is 7.85 Å². The van der Waals surface area contributed by atoms with E-state index in [2.05, 4.69) is 0 Å². The number of hydrogen-bond donors (Lipinski definition) is 1. The minimum absolute atomic E-state index is 0. The topological polar surface area (TPSA) is 57.2 Å². The maximum absolute atomic E-state index is 8.94. The van der Waals surface area contributed by atoms with E-state index in [4.69, 9.17) is 31.9 Å². The number of aliphatic hydroxyl groups is 1. The predicted octanol–water partition coefficient (Wildman–Crippen LogP) is 5.42. The summed E-state index contributed by atoms with van der Waals surface area (Å²) >= 11 is 0. The number of benzene rings is 2. The minimum Gasteiger partial charge on any atom is -0.489 e. The number of aliphatic hydroxyl groups excluding tert-OH is 1. The second-order valence-electron chi connectivity index (χ2n) is 6.29. The Kier molecular flexibility index (Phi) is 16.0. The Morgan fingerprint density at radius 3 is 1.23 bits per heavy atom. The van der Waals surface area contributed by atoms with Crippen LogP contribution in [0.3, 0.4) is 0 Å². The van der Waals surface area contributed by atoms with Crippen molar-refractivity contribution in [3.05, 3.63) is 48.5 Å². The van der Waals surface area contributed by atoms with Crippen molar-refractivity contribution in [3.8, 4) is 23.0 Å². The van der Waals surface area contributed by atoms with E-state index in [1.807, 2.05) is 76.2 Å². The molecule has 6 heteroatoms. The van der Waals surface area contributed by atoms with Crippen LogP contribution in [0.15, 0.2) is 48.5 Å². The maximum atomic E-state index is 8.94. The highest BCUT2D eigenvalue weighted by Gasteiger charge is 2.17. The zero-order valence-corrected chi connectivity index (χ0v) is 18.7. The third-order valence-corrected chi connectivity index (χ3v) is 4.19. The first kappa shape index (κ1) is 28.7. The molecule has 0 spiro atoms. The standard InChI is InChI=1S/C10H11BO2.C10H12O3.2C2H6.CH4/c2*11-5-8-6-12-9-3-1-2-4-10(9)13-7-8;2*1-2;/h1-4,8H,5-7H2;1-4,8,11H,5-7H2;2*1-2H3;1H4. The second-order valence-corrected chi connectivity index (χ2v) is 6.29. The Morgan fingerprint density at radius 1 is 0.677 bits per heavy atom. The zero-order chi connectivity index (χ0) is 22.2. The maximum Gasteiger partial charge on any atom is 0.161 e. The fourth-order valence-electron chi connectivity index (χ4n) is 2.55. The quantitative estimate of drug-likeness (QED) is 0.646. The molecule has 0 aliphatic carbocycles. The van der Waals surface area contributed by atoms with Gasteiger partial charge in [-0.1, -0.05) is 65.7 Å². The molecule has 0 aromatic heterocycles. The summed E-state index contributed by atoms with van der Waals surface area (Å²) in [4.78, 5) is 0. The van der Waals surface area contributed by atoms with Crippen molar-refractivity contribution in [1.29, 1.82) is 0 Å². The lowest BCUT2D eigenvalue weighted by molar-refractivity contribution is 0.137. The molecule has 4 rings (SSSR count). The van der Waals surface area contributed by atoms with Crippen molar-refractivity contribution in [3.63, 3.8) is 0 Å². The molecule has 0 saturated heterocycles. The normalized spacial score (nSPS) is 14.4. The van der Waals surface area contributed by atoms with Crippen molar-refractivity contribution in [2.24, 2.45) is 11.8 Å². The molecule has 0 unspecified atom stereocenters. The third-order valence-electron chi connectivity index (χ3n) is 4.19. The van der Waals surface area contributed by atoms with E-state index < -0.39 is 0 Å². The lowest BCUT2D eigenvalue weighted by Crippen LogP contribution is -2.20. The molecular formula is C25H39BO5. The first-order valence-electron chi connectivity index (χ1n) is 10.8. The van der Waals surface area contributed by atoms with Crippen LogP contribution in [0.4, 0.5) is 0 Å². The molecule has 31 heavy (non-hydrogen) atoms. The van der Waals surface area contributed by atoms with Crippen molar-refractivity contribution < 1.29 is 24.1 Å². The van der Waals surface area contributed by atoms with Crippen LogP contribution in [0.25, 0.3) is 0 Å². The first-order valence-corrected chi connectivity index (χ1v) is 10.8. The van der Waals surface area contributed by atoms with Crippen molar-refractivity contribution in [2.45, 2.75) is 41.4 Å². The molecule has 2 aliphatic rings. The average Bonchev–Trinajstić information content (AvgIpc) is 3.18. The van der Waals surface area contributed by atoms with E-state index >= 15 is 0 Å². The van der Waals surface area contributed by atoms with Gasteiger partial charge in [-0.25, -0.2) is 0 Å². The molecule has 0 atom stereocenters. The van der Waals surface area contributed by atoms with Crippen LogP contribution in [-0.4, -0.2) is 46.0 Å². The highest BCUT2D eigenvalue weighted by molar-refractivity contribution is 6.08. The van der Waals surface area contributed by atoms with Crippen LogP contribution in [0.5, 0.6) is 23.0 Å². The van der Waals surface area contributed by atoms with Gasteiger partial charge in [0.1, 0.15) is 0 Å². The Balaban J connectivity index is 0.000000487. The Hall–Kier alpha value is -2.34. The monoisotopic (exact) mass is 430 g/mol. The Morgan fingerprint density at radius 2 is 0.968 bits per heavy atom. The molecule has 5 nitrogen and oxygen atoms in total. The van der Waals surface area contributed by atoms with Crippen LogP contribution >= 0.6 is 0 Å². The number of rotatable bonds is 2. The molecule has 2 aliphatic heterocycles. The van der Waals surface area contributed by atoms with Gasteiger partial charge in [-0.05, 0) is 24.3 Å². The van der Waals surface area contributed by atoms with E-state index in [1.165, 1.54) is 0 Å². The van der Waals surface area contributed by atoms with Crippen LogP contribution in [0, 0.1) is 11.8 Å². The molecule has 2 aromatic carbocycles. The fourth-order valence-corrected chi connectivity index (χ4v) is 2.55. The van der Waals surface area contributed by atoms with Gasteiger partial charge in [-0.3, -0.25) is 0 Å². The molecular weight excluding hydrogens is 391 g/mol. The van der Waals surface area contributed by atoms with Crippen LogP contribution in [0.2, 0.25) is 6.32 Å². The van der Waals surface area contributed by atoms with Gasteiger partial charge >= 0.3 is 0 Å². The summed E-state index contributed by atoms with van der Waals surface area (Å²) in [5.41, 5.74) is 0. The van der Waals surface area contributed by atoms with Gasteiger partial charge in [0.2, 0.25) is 0 Å². The number of hydrogen-bond acceptors (Lipinski definition) is 5. The Labute approximate surface area is 190 Å². The Bertz CT molecular complexity index is 582. The van der Waals surface area contributed by atoms with Gasteiger partial charge in [-0.15, -0.1) is 0 Å². The summed E-state index contributed by atoms with van der Waals surface area (Å²) in [7, 11) is 5.55. The lowest BCUT2D eigenvalue weighted by atomic mass is 9.92. The van der Waals surface area contributed by atoms with E-state index in [0.29, 0.717) is 38.7 Å².